The molecule has 0 radical (unpaired) electrons. The van der Waals surface area contributed by atoms with Gasteiger partial charge in [0.25, 0.3) is 5.92 Å². The summed E-state index contributed by atoms with van der Waals surface area (Å²) in [5.41, 5.74) is 1.12. The molecular formula is C14H19F2NO2S. The quantitative estimate of drug-likeness (QED) is 0.930. The number of hydrogen-bond donors (Lipinski definition) is 1. The van der Waals surface area contributed by atoms with Gasteiger partial charge >= 0.3 is 0 Å². The zero-order valence-electron chi connectivity index (χ0n) is 11.8. The number of ether oxygens (including phenoxy) is 1. The van der Waals surface area contributed by atoms with Gasteiger partial charge in [0.2, 0.25) is 0 Å². The fourth-order valence-electron chi connectivity index (χ4n) is 2.71. The van der Waals surface area contributed by atoms with Gasteiger partial charge in [0.1, 0.15) is 5.75 Å². The third-order valence-corrected chi connectivity index (χ3v) is 5.18. The Kier molecular flexibility index (Phi) is 3.90. The second kappa shape index (κ2) is 5.07. The smallest absolute Gasteiger partial charge is 0.259 e. The van der Waals surface area contributed by atoms with Crippen molar-refractivity contribution in [3.63, 3.8) is 0 Å². The second-order valence-electron chi connectivity index (χ2n) is 5.78. The van der Waals surface area contributed by atoms with E-state index in [0.717, 1.165) is 0 Å². The first kappa shape index (κ1) is 15.4. The fraction of sp³-hybridized carbons (Fsp3) is 0.571. The van der Waals surface area contributed by atoms with Gasteiger partial charge in [-0.2, -0.15) is 0 Å². The summed E-state index contributed by atoms with van der Waals surface area (Å²) in [5, 5.41) is 5.42. The van der Waals surface area contributed by atoms with Crippen LogP contribution in [-0.2, 0) is 17.4 Å². The predicted octanol–water partition coefficient (Wildman–Crippen LogP) is 2.76. The van der Waals surface area contributed by atoms with Gasteiger partial charge in [-0.15, -0.1) is 0 Å². The van der Waals surface area contributed by atoms with Crippen LogP contribution in [0.3, 0.4) is 0 Å². The Bertz CT molecular complexity index is 546. The van der Waals surface area contributed by atoms with E-state index in [0.29, 0.717) is 16.9 Å². The molecule has 0 saturated heterocycles. The number of hydrogen-bond acceptors (Lipinski definition) is 2. The van der Waals surface area contributed by atoms with Crippen LogP contribution in [0.5, 0.6) is 5.75 Å². The molecular weight excluding hydrogens is 284 g/mol. The van der Waals surface area contributed by atoms with Crippen LogP contribution in [0.15, 0.2) is 18.2 Å². The Morgan fingerprint density at radius 2 is 2.15 bits per heavy atom. The van der Waals surface area contributed by atoms with Crippen molar-refractivity contribution in [2.75, 3.05) is 7.11 Å². The largest absolute Gasteiger partial charge is 0.496 e. The highest BCUT2D eigenvalue weighted by molar-refractivity contribution is 7.84. The first-order valence-electron chi connectivity index (χ1n) is 6.39. The van der Waals surface area contributed by atoms with Crippen LogP contribution < -0.4 is 9.88 Å². The zero-order chi connectivity index (χ0) is 15.1. The van der Waals surface area contributed by atoms with Crippen LogP contribution in [-0.4, -0.2) is 22.0 Å². The first-order valence-corrected chi connectivity index (χ1v) is 7.60. The molecule has 2 N–H and O–H groups in total. The number of halogens is 2. The summed E-state index contributed by atoms with van der Waals surface area (Å²) in [5.74, 6) is -3.36. The van der Waals surface area contributed by atoms with Gasteiger partial charge in [-0.05, 0) is 31.9 Å². The molecule has 3 nitrogen and oxygen atoms in total. The van der Waals surface area contributed by atoms with Crippen LogP contribution in [0.2, 0.25) is 0 Å². The summed E-state index contributed by atoms with van der Waals surface area (Å²) < 4.78 is 44.4. The molecule has 0 aliphatic heterocycles. The van der Waals surface area contributed by atoms with E-state index < -0.39 is 27.6 Å². The van der Waals surface area contributed by atoms with E-state index in [4.69, 9.17) is 9.88 Å². The van der Waals surface area contributed by atoms with E-state index in [1.165, 1.54) is 7.11 Å². The highest BCUT2D eigenvalue weighted by Gasteiger charge is 2.50. The molecule has 2 atom stereocenters. The van der Waals surface area contributed by atoms with Crippen LogP contribution in [0.4, 0.5) is 8.78 Å². The summed E-state index contributed by atoms with van der Waals surface area (Å²) in [6.07, 6.45) is -0.270. The predicted molar refractivity (Wildman–Crippen MR) is 75.4 cm³/mol. The van der Waals surface area contributed by atoms with Crippen molar-refractivity contribution in [3.05, 3.63) is 29.3 Å². The molecule has 0 heterocycles. The molecule has 1 aliphatic rings. The number of benzene rings is 1. The van der Waals surface area contributed by atoms with E-state index in [1.807, 2.05) is 0 Å². The second-order valence-corrected chi connectivity index (χ2v) is 7.48. The molecule has 0 spiro atoms. The normalized spacial score (nSPS) is 22.4. The van der Waals surface area contributed by atoms with Crippen LogP contribution in [0.25, 0.3) is 0 Å². The van der Waals surface area contributed by atoms with Gasteiger partial charge in [-0.3, -0.25) is 5.14 Å². The lowest BCUT2D eigenvalue weighted by atomic mass is 9.89. The Morgan fingerprint density at radius 3 is 2.70 bits per heavy atom. The van der Waals surface area contributed by atoms with Gasteiger partial charge in [0.15, 0.2) is 0 Å². The van der Waals surface area contributed by atoms with Gasteiger partial charge in [-0.1, -0.05) is 12.1 Å². The van der Waals surface area contributed by atoms with E-state index in [-0.39, 0.29) is 12.8 Å². The molecule has 1 aromatic rings. The lowest BCUT2D eigenvalue weighted by molar-refractivity contribution is -0.0200. The van der Waals surface area contributed by atoms with Gasteiger partial charge in [0.05, 0.1) is 22.8 Å². The van der Waals surface area contributed by atoms with E-state index in [9.17, 15) is 13.0 Å². The summed E-state index contributed by atoms with van der Waals surface area (Å²) in [4.78, 5) is 0. The zero-order valence-corrected chi connectivity index (χ0v) is 12.6. The number of methoxy groups -OCH3 is 1. The molecule has 20 heavy (non-hydrogen) atoms. The highest BCUT2D eigenvalue weighted by atomic mass is 32.2. The van der Waals surface area contributed by atoms with Crippen molar-refractivity contribution >= 4 is 11.0 Å². The first-order chi connectivity index (χ1) is 9.19. The minimum absolute atomic E-state index is 0.0727. The summed E-state index contributed by atoms with van der Waals surface area (Å²) >= 11 is 0. The maximum Gasteiger partial charge on any atom is 0.259 e. The van der Waals surface area contributed by atoms with Crippen molar-refractivity contribution in [2.24, 2.45) is 5.14 Å². The summed E-state index contributed by atoms with van der Waals surface area (Å²) in [6, 6.07) is 5.08. The molecule has 0 bridgehead atoms. The number of nitrogens with two attached hydrogens (primary N) is 1. The average Bonchev–Trinajstić information content (AvgIpc) is 2.60. The third kappa shape index (κ3) is 2.59. The van der Waals surface area contributed by atoms with E-state index >= 15 is 0 Å². The average molecular weight is 303 g/mol. The lowest BCUT2D eigenvalue weighted by Gasteiger charge is -2.28. The van der Waals surface area contributed by atoms with Crippen LogP contribution in [0, 0.1) is 0 Å². The Labute approximate surface area is 120 Å². The maximum absolute atomic E-state index is 14.3. The fourth-order valence-corrected chi connectivity index (χ4v) is 3.04. The Balaban J connectivity index is 2.42. The van der Waals surface area contributed by atoms with Crippen molar-refractivity contribution < 1.29 is 17.7 Å². The SMILES string of the molecule is COc1cccc2c1CC(F)(F)[C@H]2CC(C)(C)S(N)=O. The minimum Gasteiger partial charge on any atom is -0.496 e. The molecule has 0 saturated carbocycles. The third-order valence-electron chi connectivity index (χ3n) is 3.93. The molecule has 1 aromatic carbocycles. The van der Waals surface area contributed by atoms with Gasteiger partial charge < -0.3 is 4.74 Å². The van der Waals surface area contributed by atoms with Crippen molar-refractivity contribution in [1.82, 2.24) is 0 Å². The summed E-state index contributed by atoms with van der Waals surface area (Å²) in [7, 11) is -0.181. The highest BCUT2D eigenvalue weighted by Crippen LogP contribution is 2.51. The molecule has 112 valence electrons. The van der Waals surface area contributed by atoms with Crippen molar-refractivity contribution in [1.29, 1.82) is 0 Å². The minimum atomic E-state index is -2.87. The lowest BCUT2D eigenvalue weighted by Crippen LogP contribution is -2.37. The molecule has 1 aliphatic carbocycles. The van der Waals surface area contributed by atoms with Crippen LogP contribution >= 0.6 is 0 Å². The maximum atomic E-state index is 14.3. The molecule has 2 rings (SSSR count). The van der Waals surface area contributed by atoms with Crippen LogP contribution in [0.1, 0.15) is 37.3 Å². The Hall–Kier alpha value is -1.01. The van der Waals surface area contributed by atoms with Gasteiger partial charge in [0, 0.05) is 17.9 Å². The molecule has 1 unspecified atom stereocenters. The Morgan fingerprint density at radius 1 is 1.50 bits per heavy atom. The van der Waals surface area contributed by atoms with Crippen molar-refractivity contribution in [2.45, 2.75) is 43.3 Å². The van der Waals surface area contributed by atoms with E-state index in [2.05, 4.69) is 0 Å². The van der Waals surface area contributed by atoms with E-state index in [1.54, 1.807) is 32.0 Å². The number of fused-ring (bicyclic) bond motifs is 1. The summed E-state index contributed by atoms with van der Waals surface area (Å²) in [6.45, 7) is 3.30. The van der Waals surface area contributed by atoms with Crippen molar-refractivity contribution in [3.8, 4) is 5.75 Å². The monoisotopic (exact) mass is 303 g/mol. The molecule has 6 heteroatoms. The number of alkyl halides is 2. The molecule has 0 fully saturated rings. The molecule has 0 amide bonds. The topological polar surface area (TPSA) is 52.3 Å². The standard InChI is InChI=1S/C14H19F2NO2S/c1-13(2,20(17)18)8-11-9-5-4-6-12(19-3)10(9)7-14(11,15)16/h4-6,11H,7-8,17H2,1-3H3/t11-,20?/m0/s1. The number of rotatable bonds is 4. The van der Waals surface area contributed by atoms with Gasteiger partial charge in [-0.25, -0.2) is 13.0 Å². The molecule has 0 aromatic heterocycles.